The molecular formula is C31H49NO7. The van der Waals surface area contributed by atoms with Crippen molar-refractivity contribution < 1.29 is 33.7 Å². The zero-order valence-electron chi connectivity index (χ0n) is 24.2. The Bertz CT molecular complexity index is 919. The van der Waals surface area contributed by atoms with E-state index in [4.69, 9.17) is 14.2 Å². The van der Waals surface area contributed by atoms with Crippen molar-refractivity contribution in [3.63, 3.8) is 0 Å². The highest BCUT2D eigenvalue weighted by Crippen LogP contribution is 2.66. The number of rotatable bonds is 9. The molecule has 0 bridgehead atoms. The molecule has 0 spiro atoms. The average molecular weight is 548 g/mol. The number of carbonyl (C=O) groups excluding carboxylic acids is 3. The van der Waals surface area contributed by atoms with Crippen molar-refractivity contribution >= 4 is 17.5 Å². The third-order valence-electron chi connectivity index (χ3n) is 11.4. The summed E-state index contributed by atoms with van der Waals surface area (Å²) in [6.45, 7) is 10.2. The summed E-state index contributed by atoms with van der Waals surface area (Å²) in [6, 6.07) is 0. The summed E-state index contributed by atoms with van der Waals surface area (Å²) in [6.07, 6.45) is 6.65. The van der Waals surface area contributed by atoms with Crippen molar-refractivity contribution in [1.82, 2.24) is 4.90 Å². The topological polar surface area (TPSA) is 102 Å². The fraction of sp³-hybridized carbons (Fsp3) is 0.903. The van der Waals surface area contributed by atoms with E-state index in [2.05, 4.69) is 18.7 Å². The number of fused-ring (bicyclic) bond motifs is 5. The molecule has 0 aromatic carbocycles. The SMILES string of the molecule is CC(=O)[C@H]1CC[C@H]2[C@@H]3CC[C@H]4C[C@H](O)[C@@H](OCCCCOC(=O)CN5CCOCC5)C[C@]4(C)[C@H]3C(=O)C[C@]12C. The average Bonchev–Trinajstić information content (AvgIpc) is 3.23. The predicted molar refractivity (Wildman–Crippen MR) is 145 cm³/mol. The summed E-state index contributed by atoms with van der Waals surface area (Å²) in [4.78, 5) is 40.4. The number of unbranched alkanes of at least 4 members (excludes halogenated alkanes) is 1. The largest absolute Gasteiger partial charge is 0.465 e. The van der Waals surface area contributed by atoms with Gasteiger partial charge in [0.15, 0.2) is 0 Å². The number of Topliss-reactive ketones (excluding diaryl/α,β-unsaturated/α-hetero) is 2. The molecule has 8 heteroatoms. The monoisotopic (exact) mass is 547 g/mol. The molecule has 5 rings (SSSR count). The molecule has 1 heterocycles. The first-order valence-electron chi connectivity index (χ1n) is 15.4. The van der Waals surface area contributed by atoms with Crippen molar-refractivity contribution in [3.8, 4) is 0 Å². The van der Waals surface area contributed by atoms with Gasteiger partial charge in [-0.15, -0.1) is 0 Å². The molecule has 4 saturated carbocycles. The third-order valence-corrected chi connectivity index (χ3v) is 11.4. The molecule has 8 nitrogen and oxygen atoms in total. The quantitative estimate of drug-likeness (QED) is 0.346. The number of aliphatic hydroxyl groups excluding tert-OH is 1. The molecule has 39 heavy (non-hydrogen) atoms. The number of nitrogens with zero attached hydrogens (tertiary/aromatic N) is 1. The van der Waals surface area contributed by atoms with E-state index in [1.165, 1.54) is 0 Å². The molecule has 0 aromatic rings. The van der Waals surface area contributed by atoms with Crippen LogP contribution in [0.2, 0.25) is 0 Å². The standard InChI is InChI=1S/C31H49NO7/c1-20(33)23-8-9-24-22-7-6-21-16-25(34)27(18-30(21,2)29(22)26(35)17-31(23,24)3)38-12-4-5-13-39-28(36)19-32-10-14-37-15-11-32/h21-25,27,29,34H,4-19H2,1-3H3/t21-,22-,23+,24-,25-,27-,29+,30-,31+/m0/s1. The highest BCUT2D eigenvalue weighted by atomic mass is 16.5. The maximum atomic E-state index is 13.8. The lowest BCUT2D eigenvalue weighted by atomic mass is 9.44. The second kappa shape index (κ2) is 11.9. The maximum Gasteiger partial charge on any atom is 0.320 e. The Morgan fingerprint density at radius 3 is 2.54 bits per heavy atom. The number of ketones is 2. The fourth-order valence-corrected chi connectivity index (χ4v) is 9.52. The van der Waals surface area contributed by atoms with Gasteiger partial charge in [-0.05, 0) is 86.9 Å². The van der Waals surface area contributed by atoms with E-state index in [9.17, 15) is 19.5 Å². The highest BCUT2D eigenvalue weighted by molar-refractivity contribution is 5.87. The second-order valence-corrected chi connectivity index (χ2v) is 13.7. The first-order valence-corrected chi connectivity index (χ1v) is 15.4. The summed E-state index contributed by atoms with van der Waals surface area (Å²) in [5.41, 5.74) is -0.364. The van der Waals surface area contributed by atoms with Gasteiger partial charge in [0, 0.05) is 38.0 Å². The van der Waals surface area contributed by atoms with Crippen molar-refractivity contribution in [1.29, 1.82) is 0 Å². The van der Waals surface area contributed by atoms with Crippen LogP contribution >= 0.6 is 0 Å². The Hall–Kier alpha value is -1.35. The fourth-order valence-electron chi connectivity index (χ4n) is 9.52. The first kappa shape index (κ1) is 29.2. The van der Waals surface area contributed by atoms with Crippen LogP contribution in [-0.4, -0.2) is 85.8 Å². The van der Waals surface area contributed by atoms with Crippen LogP contribution in [0.25, 0.3) is 0 Å². The van der Waals surface area contributed by atoms with Crippen molar-refractivity contribution in [2.75, 3.05) is 46.1 Å². The summed E-state index contributed by atoms with van der Waals surface area (Å²) in [5, 5.41) is 11.0. The second-order valence-electron chi connectivity index (χ2n) is 13.7. The number of morpholine rings is 1. The van der Waals surface area contributed by atoms with Crippen LogP contribution < -0.4 is 0 Å². The minimum Gasteiger partial charge on any atom is -0.465 e. The number of ether oxygens (including phenoxy) is 3. The molecule has 9 atom stereocenters. The van der Waals surface area contributed by atoms with Crippen molar-refractivity contribution in [3.05, 3.63) is 0 Å². The number of hydrogen-bond acceptors (Lipinski definition) is 8. The highest BCUT2D eigenvalue weighted by Gasteiger charge is 2.64. The minimum absolute atomic E-state index is 0.00418. The lowest BCUT2D eigenvalue weighted by Crippen LogP contribution is -2.60. The van der Waals surface area contributed by atoms with Gasteiger partial charge in [0.1, 0.15) is 11.6 Å². The summed E-state index contributed by atoms with van der Waals surface area (Å²) in [5.74, 6) is 1.51. The van der Waals surface area contributed by atoms with Crippen LogP contribution in [0.1, 0.15) is 78.6 Å². The third kappa shape index (κ3) is 5.73. The molecule has 5 aliphatic rings. The Labute approximate surface area is 233 Å². The van der Waals surface area contributed by atoms with Crippen LogP contribution in [0.15, 0.2) is 0 Å². The molecule has 4 aliphatic carbocycles. The molecule has 0 amide bonds. The van der Waals surface area contributed by atoms with E-state index in [0.717, 1.165) is 51.6 Å². The number of hydrogen-bond donors (Lipinski definition) is 1. The smallest absolute Gasteiger partial charge is 0.320 e. The van der Waals surface area contributed by atoms with E-state index in [1.54, 1.807) is 6.92 Å². The van der Waals surface area contributed by atoms with E-state index in [1.807, 2.05) is 0 Å². The number of esters is 1. The van der Waals surface area contributed by atoms with Gasteiger partial charge in [-0.1, -0.05) is 13.8 Å². The van der Waals surface area contributed by atoms with Gasteiger partial charge in [0.2, 0.25) is 0 Å². The van der Waals surface area contributed by atoms with Crippen molar-refractivity contribution in [2.24, 2.45) is 40.4 Å². The first-order chi connectivity index (χ1) is 18.6. The van der Waals surface area contributed by atoms with Gasteiger partial charge in [0.25, 0.3) is 0 Å². The maximum absolute atomic E-state index is 13.8. The summed E-state index contributed by atoms with van der Waals surface area (Å²) >= 11 is 0. The summed E-state index contributed by atoms with van der Waals surface area (Å²) < 4.78 is 16.9. The van der Waals surface area contributed by atoms with E-state index >= 15 is 0 Å². The molecular weight excluding hydrogens is 498 g/mol. The van der Waals surface area contributed by atoms with Gasteiger partial charge in [-0.25, -0.2) is 0 Å². The zero-order valence-corrected chi connectivity index (χ0v) is 24.2. The minimum atomic E-state index is -0.511. The predicted octanol–water partition coefficient (Wildman–Crippen LogP) is 3.42. The van der Waals surface area contributed by atoms with Crippen LogP contribution in [0.5, 0.6) is 0 Å². The Balaban J connectivity index is 1.12. The van der Waals surface area contributed by atoms with E-state index in [0.29, 0.717) is 75.8 Å². The Morgan fingerprint density at radius 2 is 1.79 bits per heavy atom. The lowest BCUT2D eigenvalue weighted by molar-refractivity contribution is -0.180. The molecule has 0 aromatic heterocycles. The van der Waals surface area contributed by atoms with Crippen molar-refractivity contribution in [2.45, 2.75) is 90.8 Å². The number of carbonyl (C=O) groups is 3. The normalized spacial score (nSPS) is 42.4. The molecule has 0 radical (unpaired) electrons. The molecule has 220 valence electrons. The van der Waals surface area contributed by atoms with Gasteiger partial charge in [-0.2, -0.15) is 0 Å². The van der Waals surface area contributed by atoms with Gasteiger partial charge < -0.3 is 19.3 Å². The molecule has 5 fully saturated rings. The molecule has 1 N–H and O–H groups in total. The summed E-state index contributed by atoms with van der Waals surface area (Å²) in [7, 11) is 0. The van der Waals surface area contributed by atoms with Gasteiger partial charge in [-0.3, -0.25) is 19.3 Å². The molecule has 1 aliphatic heterocycles. The lowest BCUT2D eigenvalue weighted by Gasteiger charge is -2.60. The van der Waals surface area contributed by atoms with E-state index in [-0.39, 0.29) is 40.5 Å². The van der Waals surface area contributed by atoms with Crippen LogP contribution in [0, 0.1) is 40.4 Å². The molecule has 1 saturated heterocycles. The Morgan fingerprint density at radius 1 is 1.05 bits per heavy atom. The van der Waals surface area contributed by atoms with E-state index < -0.39 is 6.10 Å². The van der Waals surface area contributed by atoms with Crippen LogP contribution in [-0.2, 0) is 28.6 Å². The van der Waals surface area contributed by atoms with Gasteiger partial charge >= 0.3 is 5.97 Å². The van der Waals surface area contributed by atoms with Crippen LogP contribution in [0.4, 0.5) is 0 Å². The van der Waals surface area contributed by atoms with Crippen LogP contribution in [0.3, 0.4) is 0 Å². The molecule has 0 unspecified atom stereocenters. The zero-order chi connectivity index (χ0) is 27.8. The Kier molecular flexibility index (Phi) is 8.87. The number of aliphatic hydroxyl groups is 1. The van der Waals surface area contributed by atoms with Gasteiger partial charge in [0.05, 0.1) is 38.6 Å².